The summed E-state index contributed by atoms with van der Waals surface area (Å²) in [7, 11) is 0. The second-order valence-corrected chi connectivity index (χ2v) is 9.15. The average molecular weight is 505 g/mol. The van der Waals surface area contributed by atoms with Crippen molar-refractivity contribution in [1.82, 2.24) is 24.5 Å². The smallest absolute Gasteiger partial charge is 0.247 e. The molecule has 0 unspecified atom stereocenters. The minimum absolute atomic E-state index is 0.0255. The molecular weight excluding hydrogens is 483 g/mol. The molecule has 0 fully saturated rings. The van der Waals surface area contributed by atoms with Crippen molar-refractivity contribution in [1.29, 1.82) is 0 Å². The number of anilines is 1. The van der Waals surface area contributed by atoms with E-state index < -0.39 is 0 Å². The van der Waals surface area contributed by atoms with Crippen molar-refractivity contribution in [3.8, 4) is 11.1 Å². The summed E-state index contributed by atoms with van der Waals surface area (Å²) in [4.78, 5) is 17.4. The molecule has 1 N–H and O–H groups in total. The number of amides is 1. The third kappa shape index (κ3) is 4.78. The van der Waals surface area contributed by atoms with E-state index in [1.165, 1.54) is 5.56 Å². The zero-order valence-electron chi connectivity index (χ0n) is 19.2. The molecule has 0 aliphatic heterocycles. The summed E-state index contributed by atoms with van der Waals surface area (Å²) >= 11 is 12.6. The normalized spacial score (nSPS) is 11.2. The van der Waals surface area contributed by atoms with Gasteiger partial charge in [0.05, 0.1) is 12.2 Å². The summed E-state index contributed by atoms with van der Waals surface area (Å²) in [6, 6.07) is 17.8. The summed E-state index contributed by atoms with van der Waals surface area (Å²) in [5.74, 6) is -0.0210. The zero-order valence-corrected chi connectivity index (χ0v) is 20.7. The molecule has 0 bridgehead atoms. The lowest BCUT2D eigenvalue weighted by atomic mass is 10.0. The van der Waals surface area contributed by atoms with Crippen LogP contribution in [0.25, 0.3) is 22.2 Å². The number of halogens is 2. The van der Waals surface area contributed by atoms with Crippen molar-refractivity contribution in [2.45, 2.75) is 26.9 Å². The number of nitrogens with one attached hydrogen (secondary N) is 1. The number of aryl methyl sites for hydroxylation is 2. The fraction of sp³-hybridized carbons (Fsp3) is 0.154. The third-order valence-electron chi connectivity index (χ3n) is 5.70. The van der Waals surface area contributed by atoms with Gasteiger partial charge in [0.25, 0.3) is 0 Å². The summed E-state index contributed by atoms with van der Waals surface area (Å²) in [5, 5.41) is 13.7. The Bertz CT molecular complexity index is 1560. The van der Waals surface area contributed by atoms with Gasteiger partial charge in [0.2, 0.25) is 5.91 Å². The van der Waals surface area contributed by atoms with Gasteiger partial charge >= 0.3 is 0 Å². The van der Waals surface area contributed by atoms with E-state index in [1.807, 2.05) is 43.3 Å². The molecule has 0 saturated carbocycles. The lowest BCUT2D eigenvalue weighted by molar-refractivity contribution is -0.116. The summed E-state index contributed by atoms with van der Waals surface area (Å²) in [5.41, 5.74) is 5.64. The van der Waals surface area contributed by atoms with Crippen LogP contribution in [0.3, 0.4) is 0 Å². The first-order valence-electron chi connectivity index (χ1n) is 11.0. The molecule has 0 aliphatic rings. The second kappa shape index (κ2) is 9.52. The highest BCUT2D eigenvalue weighted by Crippen LogP contribution is 2.30. The summed E-state index contributed by atoms with van der Waals surface area (Å²) < 4.78 is 3.25. The van der Waals surface area contributed by atoms with E-state index in [0.29, 0.717) is 22.2 Å². The fourth-order valence-electron chi connectivity index (χ4n) is 4.12. The molecule has 0 radical (unpaired) electrons. The Morgan fingerprint density at radius 2 is 1.83 bits per heavy atom. The Labute approximate surface area is 212 Å². The molecule has 9 heteroatoms. The van der Waals surface area contributed by atoms with Gasteiger partial charge < -0.3 is 5.32 Å². The van der Waals surface area contributed by atoms with E-state index in [0.717, 1.165) is 27.8 Å². The Morgan fingerprint density at radius 1 is 1.00 bits per heavy atom. The van der Waals surface area contributed by atoms with Crippen LogP contribution in [0.1, 0.15) is 16.8 Å². The van der Waals surface area contributed by atoms with Crippen molar-refractivity contribution in [3.63, 3.8) is 0 Å². The van der Waals surface area contributed by atoms with Crippen LogP contribution in [0, 0.1) is 13.8 Å². The maximum Gasteiger partial charge on any atom is 0.247 e. The van der Waals surface area contributed by atoms with Gasteiger partial charge in [-0.05, 0) is 42.7 Å². The first-order chi connectivity index (χ1) is 16.9. The van der Waals surface area contributed by atoms with Crippen LogP contribution >= 0.6 is 23.2 Å². The molecule has 176 valence electrons. The van der Waals surface area contributed by atoms with Gasteiger partial charge in [-0.15, -0.1) is 0 Å². The molecule has 0 atom stereocenters. The number of fused-ring (bicyclic) bond motifs is 1. The predicted molar refractivity (Wildman–Crippen MR) is 139 cm³/mol. The maximum absolute atomic E-state index is 12.9. The van der Waals surface area contributed by atoms with Gasteiger partial charge in [-0.3, -0.25) is 9.48 Å². The van der Waals surface area contributed by atoms with Gasteiger partial charge in [-0.1, -0.05) is 71.2 Å². The number of carbonyl (C=O) groups is 1. The highest BCUT2D eigenvalue weighted by molar-refractivity contribution is 6.33. The largest absolute Gasteiger partial charge is 0.306 e. The Morgan fingerprint density at radius 3 is 2.63 bits per heavy atom. The third-order valence-corrected chi connectivity index (χ3v) is 6.34. The molecule has 5 aromatic rings. The lowest BCUT2D eigenvalue weighted by Crippen LogP contribution is -2.20. The van der Waals surface area contributed by atoms with E-state index in [1.54, 1.807) is 21.8 Å². The number of nitrogens with zero attached hydrogens (tertiary/aromatic N) is 5. The van der Waals surface area contributed by atoms with Gasteiger partial charge in [0.15, 0.2) is 11.5 Å². The standard InChI is InChI=1S/C26H22Cl2N6O/c1-16-6-5-8-18(12-16)20-10-11-29-26-24(20)17(2)31-34(26)15-23(35)30-25-22(28)14-33(32-25)13-19-7-3-4-9-21(19)27/h3-12,14H,13,15H2,1-2H3,(H,30,32,35). The van der Waals surface area contributed by atoms with E-state index in [2.05, 4.69) is 45.6 Å². The van der Waals surface area contributed by atoms with E-state index >= 15 is 0 Å². The van der Waals surface area contributed by atoms with Crippen LogP contribution in [0.2, 0.25) is 10.0 Å². The Hall–Kier alpha value is -3.68. The van der Waals surface area contributed by atoms with Crippen LogP contribution in [0.5, 0.6) is 0 Å². The number of hydrogen-bond donors (Lipinski definition) is 1. The molecule has 3 heterocycles. The van der Waals surface area contributed by atoms with Gasteiger partial charge in [0.1, 0.15) is 11.6 Å². The molecule has 1 amide bonds. The van der Waals surface area contributed by atoms with Crippen LogP contribution in [0.4, 0.5) is 5.82 Å². The van der Waals surface area contributed by atoms with E-state index in [9.17, 15) is 4.79 Å². The number of rotatable bonds is 6. The highest BCUT2D eigenvalue weighted by atomic mass is 35.5. The molecular formula is C26H22Cl2N6O. The number of aromatic nitrogens is 5. The van der Waals surface area contributed by atoms with Crippen LogP contribution in [-0.4, -0.2) is 30.5 Å². The van der Waals surface area contributed by atoms with Crippen LogP contribution < -0.4 is 5.32 Å². The van der Waals surface area contributed by atoms with Gasteiger partial charge in [-0.2, -0.15) is 10.2 Å². The van der Waals surface area contributed by atoms with Crippen molar-refractivity contribution < 1.29 is 4.79 Å². The first-order valence-corrected chi connectivity index (χ1v) is 11.8. The number of benzene rings is 2. The summed E-state index contributed by atoms with van der Waals surface area (Å²) in [6.45, 7) is 4.39. The summed E-state index contributed by atoms with van der Waals surface area (Å²) in [6.07, 6.45) is 3.40. The van der Waals surface area contributed by atoms with Crippen LogP contribution in [0.15, 0.2) is 67.0 Å². The number of pyridine rings is 1. The number of hydrogen-bond acceptors (Lipinski definition) is 4. The van der Waals surface area contributed by atoms with Crippen LogP contribution in [-0.2, 0) is 17.9 Å². The van der Waals surface area contributed by atoms with Crippen molar-refractivity contribution in [2.75, 3.05) is 5.32 Å². The quantitative estimate of drug-likeness (QED) is 0.312. The van der Waals surface area contributed by atoms with Gasteiger partial charge in [0, 0.05) is 22.8 Å². The minimum Gasteiger partial charge on any atom is -0.306 e. The lowest BCUT2D eigenvalue weighted by Gasteiger charge is -2.07. The molecule has 7 nitrogen and oxygen atoms in total. The zero-order chi connectivity index (χ0) is 24.5. The minimum atomic E-state index is -0.304. The molecule has 5 rings (SSSR count). The highest BCUT2D eigenvalue weighted by Gasteiger charge is 2.18. The molecule has 3 aromatic heterocycles. The monoisotopic (exact) mass is 504 g/mol. The number of carbonyl (C=O) groups excluding carboxylic acids is 1. The van der Waals surface area contributed by atoms with Crippen molar-refractivity contribution in [3.05, 3.63) is 93.9 Å². The van der Waals surface area contributed by atoms with Crippen molar-refractivity contribution >= 4 is 46.0 Å². The topological polar surface area (TPSA) is 77.6 Å². The Kier molecular flexibility index (Phi) is 6.28. The average Bonchev–Trinajstić information content (AvgIpc) is 3.33. The van der Waals surface area contributed by atoms with Crippen molar-refractivity contribution in [2.24, 2.45) is 0 Å². The van der Waals surface area contributed by atoms with Gasteiger partial charge in [-0.25, -0.2) is 9.67 Å². The second-order valence-electron chi connectivity index (χ2n) is 8.33. The first kappa shape index (κ1) is 23.1. The SMILES string of the molecule is Cc1cccc(-c2ccnc3c2c(C)nn3CC(=O)Nc2nn(Cc3ccccc3Cl)cc2Cl)c1. The predicted octanol–water partition coefficient (Wildman–Crippen LogP) is 5.91. The Balaban J connectivity index is 1.37. The maximum atomic E-state index is 12.9. The molecule has 35 heavy (non-hydrogen) atoms. The molecule has 0 spiro atoms. The van der Waals surface area contributed by atoms with E-state index in [-0.39, 0.29) is 18.3 Å². The van der Waals surface area contributed by atoms with E-state index in [4.69, 9.17) is 23.2 Å². The molecule has 0 aliphatic carbocycles. The molecule has 2 aromatic carbocycles. The molecule has 0 saturated heterocycles. The fourth-order valence-corrected chi connectivity index (χ4v) is 4.51.